The van der Waals surface area contributed by atoms with E-state index in [1.54, 1.807) is 12.1 Å². The van der Waals surface area contributed by atoms with Crippen LogP contribution in [0, 0.1) is 20.8 Å². The molecular weight excluding hydrogens is 355 g/mol. The van der Waals surface area contributed by atoms with Gasteiger partial charge in [-0.3, -0.25) is 0 Å². The molecule has 0 amide bonds. The molecule has 3 aromatic carbocycles. The predicted octanol–water partition coefficient (Wildman–Crippen LogP) is 4.97. The van der Waals surface area contributed by atoms with Gasteiger partial charge in [-0.1, -0.05) is 53.1 Å². The molecule has 0 aliphatic rings. The highest BCUT2D eigenvalue weighted by Gasteiger charge is 2.13. The molecule has 1 unspecified atom stereocenters. The molecular formula is C23H27O3P. The van der Waals surface area contributed by atoms with Gasteiger partial charge in [-0.2, -0.15) is 9.90 Å². The Hall–Kier alpha value is -2.51. The van der Waals surface area contributed by atoms with Gasteiger partial charge in [0.15, 0.2) is 0 Å². The van der Waals surface area contributed by atoms with Gasteiger partial charge in [0.1, 0.15) is 17.2 Å². The largest absolute Gasteiger partial charge is 0.508 e. The molecule has 3 aromatic rings. The second-order valence-electron chi connectivity index (χ2n) is 7.05. The first-order valence-electron chi connectivity index (χ1n) is 8.72. The number of phenolic OH excluding ortho intramolecular Hbond substituents is 3. The van der Waals surface area contributed by atoms with Crippen molar-refractivity contribution in [3.63, 3.8) is 0 Å². The van der Waals surface area contributed by atoms with Gasteiger partial charge in [0.2, 0.25) is 0 Å². The molecule has 3 rings (SSSR count). The number of rotatable bonds is 4. The molecule has 0 fully saturated rings. The fourth-order valence-corrected chi connectivity index (χ4v) is 3.33. The highest BCUT2D eigenvalue weighted by molar-refractivity contribution is 6.92. The number of aromatic hydroxyl groups is 3. The van der Waals surface area contributed by atoms with Crippen LogP contribution in [0.3, 0.4) is 0 Å². The minimum absolute atomic E-state index is 0. The highest BCUT2D eigenvalue weighted by atomic mass is 31.0. The quantitative estimate of drug-likeness (QED) is 0.559. The Morgan fingerprint density at radius 3 is 1.33 bits per heavy atom. The molecule has 4 heteroatoms. The van der Waals surface area contributed by atoms with Crippen molar-refractivity contribution < 1.29 is 15.3 Å². The molecule has 0 bridgehead atoms. The maximum Gasteiger partial charge on any atom is 0.122 e. The van der Waals surface area contributed by atoms with Crippen LogP contribution in [0.25, 0.3) is 0 Å². The summed E-state index contributed by atoms with van der Waals surface area (Å²) in [5.41, 5.74) is 6.28. The summed E-state index contributed by atoms with van der Waals surface area (Å²) >= 11 is 0. The van der Waals surface area contributed by atoms with Gasteiger partial charge < -0.3 is 15.3 Å². The Bertz CT molecular complexity index is 889. The predicted molar refractivity (Wildman–Crippen MR) is 115 cm³/mol. The van der Waals surface area contributed by atoms with E-state index in [2.05, 4.69) is 0 Å². The van der Waals surface area contributed by atoms with Crippen LogP contribution in [0.2, 0.25) is 0 Å². The third-order valence-electron chi connectivity index (χ3n) is 4.64. The van der Waals surface area contributed by atoms with Crippen LogP contribution in [-0.2, 0) is 12.8 Å². The molecule has 27 heavy (non-hydrogen) atoms. The normalized spacial score (nSPS) is 10.5. The zero-order chi connectivity index (χ0) is 18.8. The summed E-state index contributed by atoms with van der Waals surface area (Å²) in [7, 11) is 0. The molecule has 0 aromatic heterocycles. The Morgan fingerprint density at radius 2 is 0.926 bits per heavy atom. The van der Waals surface area contributed by atoms with Crippen molar-refractivity contribution in [2.24, 2.45) is 0 Å². The summed E-state index contributed by atoms with van der Waals surface area (Å²) in [6, 6.07) is 14.8. The van der Waals surface area contributed by atoms with E-state index in [4.69, 9.17) is 0 Å². The average Bonchev–Trinajstić information content (AvgIpc) is 2.58. The van der Waals surface area contributed by atoms with Gasteiger partial charge in [0.25, 0.3) is 0 Å². The van der Waals surface area contributed by atoms with E-state index in [0.717, 1.165) is 38.9 Å². The fourth-order valence-electron chi connectivity index (χ4n) is 3.33. The molecule has 0 aliphatic carbocycles. The lowest BCUT2D eigenvalue weighted by atomic mass is 9.94. The molecule has 3 N–H and O–H groups in total. The van der Waals surface area contributed by atoms with Crippen molar-refractivity contribution in [2.75, 3.05) is 0 Å². The zero-order valence-electron chi connectivity index (χ0n) is 16.1. The molecule has 3 nitrogen and oxygen atoms in total. The average molecular weight is 382 g/mol. The van der Waals surface area contributed by atoms with Crippen molar-refractivity contribution in [2.45, 2.75) is 33.6 Å². The monoisotopic (exact) mass is 382 g/mol. The first-order valence-corrected chi connectivity index (χ1v) is 8.72. The Morgan fingerprint density at radius 1 is 0.556 bits per heavy atom. The molecule has 1 atom stereocenters. The van der Waals surface area contributed by atoms with E-state index in [1.807, 2.05) is 57.2 Å². The molecule has 0 heterocycles. The third kappa shape index (κ3) is 4.81. The number of phenols is 3. The Balaban J connectivity index is 0.00000261. The third-order valence-corrected chi connectivity index (χ3v) is 4.64. The smallest absolute Gasteiger partial charge is 0.122 e. The van der Waals surface area contributed by atoms with E-state index in [1.165, 1.54) is 0 Å². The Labute approximate surface area is 164 Å². The van der Waals surface area contributed by atoms with Crippen LogP contribution < -0.4 is 0 Å². The van der Waals surface area contributed by atoms with Gasteiger partial charge in [-0.05, 0) is 55.2 Å². The van der Waals surface area contributed by atoms with Crippen LogP contribution in [0.15, 0.2) is 48.5 Å². The molecule has 0 saturated carbocycles. The van der Waals surface area contributed by atoms with Gasteiger partial charge in [0.05, 0.1) is 0 Å². The maximum atomic E-state index is 10.8. The van der Waals surface area contributed by atoms with E-state index < -0.39 is 0 Å². The van der Waals surface area contributed by atoms with E-state index in [-0.39, 0.29) is 27.1 Å². The standard InChI is InChI=1S/C23H24O3.H3P/c1-14-4-6-21(24)17(8-14)12-19-10-16(3)11-20(23(19)26)13-18-9-15(2)5-7-22(18)25;/h4-11,24-26H,12-13H2,1-3H3;1H3. The first-order chi connectivity index (χ1) is 12.3. The summed E-state index contributed by atoms with van der Waals surface area (Å²) in [5, 5.41) is 31.0. The van der Waals surface area contributed by atoms with E-state index in [0.29, 0.717) is 12.8 Å². The van der Waals surface area contributed by atoms with E-state index >= 15 is 0 Å². The van der Waals surface area contributed by atoms with E-state index in [9.17, 15) is 15.3 Å². The minimum Gasteiger partial charge on any atom is -0.508 e. The second kappa shape index (κ2) is 8.45. The molecule has 0 spiro atoms. The minimum atomic E-state index is 0. The SMILES string of the molecule is Cc1ccc(O)c(Cc2cc(C)cc(Cc3cc(C)ccc3O)c2O)c1.P. The molecule has 0 aliphatic heterocycles. The summed E-state index contributed by atoms with van der Waals surface area (Å²) in [6.07, 6.45) is 0.904. The van der Waals surface area contributed by atoms with Crippen molar-refractivity contribution in [1.29, 1.82) is 0 Å². The van der Waals surface area contributed by atoms with Crippen molar-refractivity contribution in [1.82, 2.24) is 0 Å². The number of benzene rings is 3. The number of hydrogen-bond donors (Lipinski definition) is 3. The maximum absolute atomic E-state index is 10.8. The van der Waals surface area contributed by atoms with Crippen LogP contribution in [0.1, 0.15) is 38.9 Å². The van der Waals surface area contributed by atoms with Gasteiger partial charge in [-0.25, -0.2) is 0 Å². The van der Waals surface area contributed by atoms with Gasteiger partial charge in [0, 0.05) is 12.8 Å². The lowest BCUT2D eigenvalue weighted by molar-refractivity contribution is 0.456. The topological polar surface area (TPSA) is 60.7 Å². The van der Waals surface area contributed by atoms with Gasteiger partial charge in [-0.15, -0.1) is 0 Å². The molecule has 0 saturated heterocycles. The van der Waals surface area contributed by atoms with Crippen molar-refractivity contribution in [3.05, 3.63) is 87.5 Å². The van der Waals surface area contributed by atoms with Crippen LogP contribution in [-0.4, -0.2) is 15.3 Å². The first kappa shape index (κ1) is 20.8. The highest BCUT2D eigenvalue weighted by Crippen LogP contribution is 2.32. The lowest BCUT2D eigenvalue weighted by Gasteiger charge is -2.14. The number of hydrogen-bond acceptors (Lipinski definition) is 3. The van der Waals surface area contributed by atoms with Crippen LogP contribution in [0.4, 0.5) is 0 Å². The second-order valence-corrected chi connectivity index (χ2v) is 7.05. The summed E-state index contributed by atoms with van der Waals surface area (Å²) in [4.78, 5) is 0. The van der Waals surface area contributed by atoms with Crippen LogP contribution >= 0.6 is 9.90 Å². The summed E-state index contributed by atoms with van der Waals surface area (Å²) in [5.74, 6) is 0.682. The van der Waals surface area contributed by atoms with Gasteiger partial charge >= 0.3 is 0 Å². The lowest BCUT2D eigenvalue weighted by Crippen LogP contribution is -1.97. The Kier molecular flexibility index (Phi) is 6.51. The van der Waals surface area contributed by atoms with Crippen LogP contribution in [0.5, 0.6) is 17.2 Å². The summed E-state index contributed by atoms with van der Waals surface area (Å²) in [6.45, 7) is 5.94. The van der Waals surface area contributed by atoms with Crippen molar-refractivity contribution in [3.8, 4) is 17.2 Å². The van der Waals surface area contributed by atoms with Crippen molar-refractivity contribution >= 4 is 9.90 Å². The summed E-state index contributed by atoms with van der Waals surface area (Å²) < 4.78 is 0. The number of aryl methyl sites for hydroxylation is 3. The fraction of sp³-hybridized carbons (Fsp3) is 0.217. The molecule has 142 valence electrons. The molecule has 0 radical (unpaired) electrons. The zero-order valence-corrected chi connectivity index (χ0v) is 17.5.